The van der Waals surface area contributed by atoms with Crippen molar-refractivity contribution >= 4 is 11.8 Å². The van der Waals surface area contributed by atoms with Crippen LogP contribution in [0.25, 0.3) is 0 Å². The Morgan fingerprint density at radius 2 is 1.94 bits per heavy atom. The number of fused-ring (bicyclic) bond motifs is 1. The first-order valence-electron chi connectivity index (χ1n) is 11.5. The molecule has 176 valence electrons. The molecule has 0 bridgehead atoms. The number of β-amino-alcohol motifs (C(OH)–C–C–N with tert-alkyl or cyclic N) is 1. The lowest BCUT2D eigenvalue weighted by Gasteiger charge is -2.47. The van der Waals surface area contributed by atoms with Crippen molar-refractivity contribution in [3.05, 3.63) is 56.9 Å². The Kier molecular flexibility index (Phi) is 5.72. The largest absolute Gasteiger partial charge is 0.457 e. The highest BCUT2D eigenvalue weighted by Crippen LogP contribution is 2.33. The fourth-order valence-electron chi connectivity index (χ4n) is 5.22. The summed E-state index contributed by atoms with van der Waals surface area (Å²) in [5.41, 5.74) is 2.93. The van der Waals surface area contributed by atoms with Crippen LogP contribution in [0.5, 0.6) is 0 Å². The third kappa shape index (κ3) is 4.16. The fraction of sp³-hybridized carbons (Fsp3) is 0.542. The maximum atomic E-state index is 11.8. The van der Waals surface area contributed by atoms with Crippen LogP contribution in [0.1, 0.15) is 46.0 Å². The van der Waals surface area contributed by atoms with E-state index in [9.17, 15) is 14.7 Å². The lowest BCUT2D eigenvalue weighted by Crippen LogP contribution is -2.57. The number of anilines is 1. The second-order valence-electron chi connectivity index (χ2n) is 9.30. The molecule has 2 fully saturated rings. The van der Waals surface area contributed by atoms with Crippen LogP contribution in [0.4, 0.5) is 5.82 Å². The molecule has 1 aromatic carbocycles. The molecular weight excluding hydrogens is 424 g/mol. The number of esters is 1. The summed E-state index contributed by atoms with van der Waals surface area (Å²) in [5.74, 6) is 0.511. The van der Waals surface area contributed by atoms with Crippen molar-refractivity contribution < 1.29 is 19.4 Å². The molecule has 0 aliphatic carbocycles. The van der Waals surface area contributed by atoms with Crippen molar-refractivity contribution in [1.82, 2.24) is 14.7 Å². The standard InChI is InChI=1S/C24H30N4O5/c1-16-17(3-4-18-19(16)14-32-23(18)31)20(29)13-27-9-7-24(8-10-27)15-28(11-12-33-24)21-5-6-22(30)26(2)25-21/h3-6,20,29H,7-15H2,1-2H3/t20-/m0/s1. The Labute approximate surface area is 192 Å². The number of carbonyl (C=O) groups is 1. The lowest BCUT2D eigenvalue weighted by atomic mass is 9.88. The molecule has 0 radical (unpaired) electrons. The SMILES string of the molecule is Cc1c([C@@H](O)CN2CCC3(CC2)CN(c2ccc(=O)n(C)n2)CCO3)ccc2c1COC2=O. The minimum absolute atomic E-state index is 0.119. The van der Waals surface area contributed by atoms with Crippen LogP contribution in [-0.4, -0.2) is 70.7 Å². The van der Waals surface area contributed by atoms with Crippen LogP contribution >= 0.6 is 0 Å². The average molecular weight is 455 g/mol. The molecule has 2 aromatic rings. The summed E-state index contributed by atoms with van der Waals surface area (Å²) in [5, 5.41) is 15.3. The number of benzene rings is 1. The molecule has 33 heavy (non-hydrogen) atoms. The number of morpholine rings is 1. The molecule has 3 aliphatic heterocycles. The Hall–Kier alpha value is -2.75. The minimum atomic E-state index is -0.626. The van der Waals surface area contributed by atoms with Gasteiger partial charge in [-0.15, -0.1) is 0 Å². The van der Waals surface area contributed by atoms with Gasteiger partial charge in [-0.05, 0) is 43.0 Å². The van der Waals surface area contributed by atoms with Gasteiger partial charge < -0.3 is 24.4 Å². The molecule has 9 nitrogen and oxygen atoms in total. The molecule has 0 amide bonds. The summed E-state index contributed by atoms with van der Waals surface area (Å²) < 4.78 is 12.8. The van der Waals surface area contributed by atoms with Crippen LogP contribution in [0, 0.1) is 6.92 Å². The summed E-state index contributed by atoms with van der Waals surface area (Å²) in [6, 6.07) is 6.94. The molecule has 2 saturated heterocycles. The molecule has 1 atom stereocenters. The third-order valence-electron chi connectivity index (χ3n) is 7.28. The van der Waals surface area contributed by atoms with Crippen molar-refractivity contribution in [2.45, 2.75) is 38.1 Å². The molecule has 0 saturated carbocycles. The number of aromatic nitrogens is 2. The van der Waals surface area contributed by atoms with Crippen LogP contribution in [0.3, 0.4) is 0 Å². The van der Waals surface area contributed by atoms with Gasteiger partial charge >= 0.3 is 5.97 Å². The topological polar surface area (TPSA) is 97.1 Å². The van der Waals surface area contributed by atoms with Crippen LogP contribution in [0.2, 0.25) is 0 Å². The summed E-state index contributed by atoms with van der Waals surface area (Å²) in [6.45, 7) is 6.55. The van der Waals surface area contributed by atoms with E-state index in [4.69, 9.17) is 9.47 Å². The van der Waals surface area contributed by atoms with Gasteiger partial charge in [-0.25, -0.2) is 9.48 Å². The molecule has 4 heterocycles. The van der Waals surface area contributed by atoms with Crippen molar-refractivity contribution in [3.63, 3.8) is 0 Å². The molecule has 9 heteroatoms. The number of hydrogen-bond donors (Lipinski definition) is 1. The smallest absolute Gasteiger partial charge is 0.338 e. The number of nitrogens with zero attached hydrogens (tertiary/aromatic N) is 4. The van der Waals surface area contributed by atoms with Crippen molar-refractivity contribution in [3.8, 4) is 0 Å². The molecule has 1 aromatic heterocycles. The van der Waals surface area contributed by atoms with E-state index in [0.717, 1.165) is 61.5 Å². The van der Waals surface area contributed by atoms with Crippen molar-refractivity contribution in [1.29, 1.82) is 0 Å². The second kappa shape index (κ2) is 8.55. The zero-order valence-electron chi connectivity index (χ0n) is 19.1. The summed E-state index contributed by atoms with van der Waals surface area (Å²) in [6.07, 6.45) is 1.11. The zero-order valence-corrected chi connectivity index (χ0v) is 19.1. The van der Waals surface area contributed by atoms with E-state index in [1.807, 2.05) is 13.0 Å². The molecular formula is C24H30N4O5. The summed E-state index contributed by atoms with van der Waals surface area (Å²) in [7, 11) is 1.67. The van der Waals surface area contributed by atoms with E-state index in [1.165, 1.54) is 4.68 Å². The first-order chi connectivity index (χ1) is 15.8. The number of ether oxygens (including phenoxy) is 2. The Morgan fingerprint density at radius 1 is 1.15 bits per heavy atom. The number of piperidine rings is 1. The van der Waals surface area contributed by atoms with E-state index in [1.54, 1.807) is 25.2 Å². The number of aryl methyl sites for hydroxylation is 1. The summed E-state index contributed by atoms with van der Waals surface area (Å²) >= 11 is 0. The molecule has 3 aliphatic rings. The Morgan fingerprint density at radius 3 is 2.70 bits per heavy atom. The molecule has 0 unspecified atom stereocenters. The highest BCUT2D eigenvalue weighted by molar-refractivity contribution is 5.93. The number of aliphatic hydroxyl groups is 1. The first kappa shape index (κ1) is 22.1. The second-order valence-corrected chi connectivity index (χ2v) is 9.30. The van der Waals surface area contributed by atoms with E-state index in [-0.39, 0.29) is 23.7 Å². The van der Waals surface area contributed by atoms with Crippen LogP contribution < -0.4 is 10.5 Å². The number of cyclic esters (lactones) is 1. The van der Waals surface area contributed by atoms with Crippen LogP contribution in [-0.2, 0) is 23.1 Å². The number of likely N-dealkylation sites (tertiary alicyclic amines) is 1. The lowest BCUT2D eigenvalue weighted by molar-refractivity contribution is -0.0945. The first-order valence-corrected chi connectivity index (χ1v) is 11.5. The average Bonchev–Trinajstić information content (AvgIpc) is 3.19. The number of hydrogen-bond acceptors (Lipinski definition) is 8. The predicted molar refractivity (Wildman–Crippen MR) is 121 cm³/mol. The highest BCUT2D eigenvalue weighted by Gasteiger charge is 2.40. The number of carbonyl (C=O) groups excluding carboxylic acids is 1. The Bertz CT molecular complexity index is 1120. The van der Waals surface area contributed by atoms with Gasteiger partial charge in [-0.3, -0.25) is 4.79 Å². The van der Waals surface area contributed by atoms with Gasteiger partial charge in [-0.1, -0.05) is 6.07 Å². The van der Waals surface area contributed by atoms with Crippen LogP contribution in [0.15, 0.2) is 29.1 Å². The zero-order chi connectivity index (χ0) is 23.2. The highest BCUT2D eigenvalue weighted by atomic mass is 16.5. The van der Waals surface area contributed by atoms with E-state index >= 15 is 0 Å². The predicted octanol–water partition coefficient (Wildman–Crippen LogP) is 1.16. The van der Waals surface area contributed by atoms with E-state index in [2.05, 4.69) is 14.9 Å². The number of rotatable bonds is 4. The quantitative estimate of drug-likeness (QED) is 0.688. The molecule has 1 N–H and O–H groups in total. The third-order valence-corrected chi connectivity index (χ3v) is 7.28. The van der Waals surface area contributed by atoms with E-state index in [0.29, 0.717) is 18.7 Å². The Balaban J connectivity index is 1.21. The summed E-state index contributed by atoms with van der Waals surface area (Å²) in [4.78, 5) is 27.9. The van der Waals surface area contributed by atoms with E-state index < -0.39 is 6.10 Å². The fourth-order valence-corrected chi connectivity index (χ4v) is 5.22. The molecule has 1 spiro atoms. The maximum Gasteiger partial charge on any atom is 0.338 e. The van der Waals surface area contributed by atoms with Gasteiger partial charge in [0.05, 0.1) is 23.9 Å². The van der Waals surface area contributed by atoms with Gasteiger partial charge in [0.2, 0.25) is 0 Å². The minimum Gasteiger partial charge on any atom is -0.457 e. The van der Waals surface area contributed by atoms with Gasteiger partial charge in [0.15, 0.2) is 0 Å². The molecule has 5 rings (SSSR count). The normalized spacial score (nSPS) is 21.2. The number of aliphatic hydroxyl groups excluding tert-OH is 1. The van der Waals surface area contributed by atoms with Gasteiger partial charge in [0.1, 0.15) is 12.4 Å². The van der Waals surface area contributed by atoms with Crippen molar-refractivity contribution in [2.24, 2.45) is 7.05 Å². The van der Waals surface area contributed by atoms with Crippen molar-refractivity contribution in [2.75, 3.05) is 44.2 Å². The van der Waals surface area contributed by atoms with Gasteiger partial charge in [0, 0.05) is 51.4 Å². The monoisotopic (exact) mass is 454 g/mol. The van der Waals surface area contributed by atoms with Gasteiger partial charge in [-0.2, -0.15) is 5.10 Å². The van der Waals surface area contributed by atoms with Gasteiger partial charge in [0.25, 0.3) is 5.56 Å². The maximum absolute atomic E-state index is 11.8.